The zero-order valence-electron chi connectivity index (χ0n) is 38.6. The summed E-state index contributed by atoms with van der Waals surface area (Å²) < 4.78 is 17.1. The van der Waals surface area contributed by atoms with Crippen molar-refractivity contribution in [3.8, 4) is 33.5 Å². The highest BCUT2D eigenvalue weighted by Gasteiger charge is 2.53. The van der Waals surface area contributed by atoms with Crippen LogP contribution in [0.25, 0.3) is 99.3 Å². The fourth-order valence-corrected chi connectivity index (χ4v) is 9.56. The molecular weight excluding hydrogens is 943 g/mol. The molecule has 0 bridgehead atoms. The van der Waals surface area contributed by atoms with E-state index in [0.717, 1.165) is 47.1 Å². The number of aromatic nitrogens is 4. The van der Waals surface area contributed by atoms with E-state index in [9.17, 15) is 45.3 Å². The largest absolute Gasteiger partial charge is 0.437 e. The molecule has 7 heterocycles. The maximum atomic E-state index is 13.2. The maximum absolute atomic E-state index is 13.2. The summed E-state index contributed by atoms with van der Waals surface area (Å²) in [5, 5.41) is 86.7. The number of nitrogens with zero attached hydrogens (tertiary/aromatic N) is 4. The molecular formula is C57H37BN4O12. The van der Waals surface area contributed by atoms with Crippen LogP contribution in [0, 0.1) is 6.92 Å². The van der Waals surface area contributed by atoms with Gasteiger partial charge in [0.2, 0.25) is 11.5 Å². The van der Waals surface area contributed by atoms with Gasteiger partial charge in [-0.1, -0.05) is 66.7 Å². The van der Waals surface area contributed by atoms with Crippen molar-refractivity contribution < 1.29 is 49.0 Å². The number of hydrogen-bond acceptors (Lipinski definition) is 16. The Hall–Kier alpha value is -8.78. The Morgan fingerprint density at radius 1 is 0.446 bits per heavy atom. The molecule has 1 unspecified atom stereocenters. The Kier molecular flexibility index (Phi) is 10.4. The maximum Gasteiger partial charge on any atom is 0.345 e. The third-order valence-corrected chi connectivity index (χ3v) is 13.6. The number of hydrogen-bond donors (Lipinski definition) is 7. The molecule has 2 radical (unpaired) electrons. The van der Waals surface area contributed by atoms with Crippen molar-refractivity contribution in [1.82, 2.24) is 19.9 Å². The first-order valence-corrected chi connectivity index (χ1v) is 22.9. The molecule has 1 atom stereocenters. The van der Waals surface area contributed by atoms with E-state index < -0.39 is 56.4 Å². The molecule has 12 aromatic rings. The Morgan fingerprint density at radius 3 is 1.61 bits per heavy atom. The van der Waals surface area contributed by atoms with E-state index in [1.54, 1.807) is 91.1 Å². The Labute approximate surface area is 417 Å². The molecule has 12 rings (SSSR count). The van der Waals surface area contributed by atoms with Gasteiger partial charge in [0.25, 0.3) is 11.6 Å². The van der Waals surface area contributed by atoms with Crippen LogP contribution >= 0.6 is 0 Å². The quantitative estimate of drug-likeness (QED) is 0.0328. The number of furan rings is 1. The van der Waals surface area contributed by atoms with Gasteiger partial charge < -0.3 is 49.0 Å². The van der Waals surface area contributed by atoms with Gasteiger partial charge >= 0.3 is 11.3 Å². The van der Waals surface area contributed by atoms with Crippen LogP contribution in [0.5, 0.6) is 0 Å². The summed E-state index contributed by atoms with van der Waals surface area (Å²) in [5.74, 6) is -11.0. The minimum atomic E-state index is -3.78. The molecule has 360 valence electrons. The molecule has 0 aliphatic carbocycles. The monoisotopic (exact) mass is 980 g/mol. The van der Waals surface area contributed by atoms with Crippen molar-refractivity contribution in [3.05, 3.63) is 213 Å². The van der Waals surface area contributed by atoms with E-state index in [0.29, 0.717) is 50.0 Å². The normalized spacial score (nSPS) is 13.4. The van der Waals surface area contributed by atoms with Crippen LogP contribution in [-0.4, -0.2) is 63.5 Å². The topological polar surface area (TPSA) is 267 Å². The number of para-hydroxylation sites is 3. The summed E-state index contributed by atoms with van der Waals surface area (Å²) in [6.07, 6.45) is 3.55. The molecule has 7 N–H and O–H groups in total. The molecule has 0 aliphatic heterocycles. The number of fused-ring (bicyclic) bond motifs is 9. The standard InChI is InChI=1S/C57H37BN4O12/c1-29-17-19-39-38-13-8-14-40(50(38)74-51(39)62-29)45-20-18-30(26-59-45)36-9-2-3-10-37(36)31-21-32(54(58,65)55(66,67)34-24-43-48(60-27-34)41-11-4-6-15-46(41)72-52(43)63)23-33(22-31)56(68,69)57(70,71)35-25-44-49(61-28-35)42-12-5-7-16-47(42)73-53(44)64/h2-28,65-71H,1H3. The smallest absolute Gasteiger partial charge is 0.345 e. The third-order valence-electron chi connectivity index (χ3n) is 13.6. The van der Waals surface area contributed by atoms with Crippen LogP contribution in [0.1, 0.15) is 27.9 Å². The van der Waals surface area contributed by atoms with Gasteiger partial charge in [-0.05, 0) is 108 Å². The Balaban J connectivity index is 1.00. The minimum Gasteiger partial charge on any atom is -0.437 e. The van der Waals surface area contributed by atoms with Gasteiger partial charge in [-0.3, -0.25) is 15.0 Å². The lowest BCUT2D eigenvalue weighted by Gasteiger charge is -2.40. The van der Waals surface area contributed by atoms with Gasteiger partial charge in [0, 0.05) is 73.6 Å². The van der Waals surface area contributed by atoms with E-state index in [1.165, 1.54) is 12.1 Å². The highest BCUT2D eigenvalue weighted by Crippen LogP contribution is 2.45. The summed E-state index contributed by atoms with van der Waals surface area (Å²) in [7, 11) is 6.58. The van der Waals surface area contributed by atoms with Gasteiger partial charge in [-0.15, -0.1) is 0 Å². The molecule has 17 heteroatoms. The average Bonchev–Trinajstić information content (AvgIpc) is 3.78. The van der Waals surface area contributed by atoms with E-state index in [1.807, 2.05) is 37.3 Å². The van der Waals surface area contributed by atoms with Gasteiger partial charge in [-0.25, -0.2) is 14.6 Å². The van der Waals surface area contributed by atoms with Crippen LogP contribution in [0.4, 0.5) is 0 Å². The molecule has 0 spiro atoms. The summed E-state index contributed by atoms with van der Waals surface area (Å²) in [6, 6.07) is 38.3. The molecule has 74 heavy (non-hydrogen) atoms. The number of benzene rings is 5. The van der Waals surface area contributed by atoms with Crippen molar-refractivity contribution in [2.45, 2.75) is 29.8 Å². The highest BCUT2D eigenvalue weighted by molar-refractivity contribution is 6.15. The zero-order valence-corrected chi connectivity index (χ0v) is 38.6. The minimum absolute atomic E-state index is 0.0301. The second-order valence-electron chi connectivity index (χ2n) is 18.2. The first-order chi connectivity index (χ1) is 35.4. The lowest BCUT2D eigenvalue weighted by Crippen LogP contribution is -2.51. The number of pyridine rings is 4. The summed E-state index contributed by atoms with van der Waals surface area (Å²) >= 11 is 0. The van der Waals surface area contributed by atoms with Crippen molar-refractivity contribution in [3.63, 3.8) is 0 Å². The van der Waals surface area contributed by atoms with Crippen molar-refractivity contribution in [2.75, 3.05) is 0 Å². The molecule has 0 fully saturated rings. The number of aryl methyl sites for hydroxylation is 1. The highest BCUT2D eigenvalue weighted by atomic mass is 16.6. The predicted octanol–water partition coefficient (Wildman–Crippen LogP) is 7.12. The Bertz CT molecular complexity index is 4240. The lowest BCUT2D eigenvalue weighted by atomic mass is 9.66. The van der Waals surface area contributed by atoms with Crippen LogP contribution in [0.2, 0.25) is 0 Å². The van der Waals surface area contributed by atoms with E-state index in [-0.39, 0.29) is 38.5 Å². The third kappa shape index (κ3) is 7.14. The van der Waals surface area contributed by atoms with Crippen LogP contribution in [0.3, 0.4) is 0 Å². The summed E-state index contributed by atoms with van der Waals surface area (Å²) in [6.45, 7) is 1.88. The molecule has 0 saturated carbocycles. The van der Waals surface area contributed by atoms with Crippen molar-refractivity contribution in [1.29, 1.82) is 0 Å². The molecule has 0 aliphatic rings. The second-order valence-corrected chi connectivity index (χ2v) is 18.2. The summed E-state index contributed by atoms with van der Waals surface area (Å²) in [5.41, 5.74) is -2.45. The van der Waals surface area contributed by atoms with Gasteiger partial charge in [-0.2, -0.15) is 0 Å². The van der Waals surface area contributed by atoms with Gasteiger partial charge in [0.15, 0.2) is 0 Å². The number of aliphatic hydroxyl groups is 7. The van der Waals surface area contributed by atoms with Gasteiger partial charge in [0.05, 0.1) is 27.5 Å². The van der Waals surface area contributed by atoms with E-state index >= 15 is 0 Å². The molecule has 16 nitrogen and oxygen atoms in total. The second kappa shape index (κ2) is 16.6. The lowest BCUT2D eigenvalue weighted by molar-refractivity contribution is -0.375. The number of rotatable bonds is 9. The molecule has 0 saturated heterocycles. The fourth-order valence-electron chi connectivity index (χ4n) is 9.56. The predicted molar refractivity (Wildman–Crippen MR) is 274 cm³/mol. The van der Waals surface area contributed by atoms with Crippen molar-refractivity contribution >= 4 is 73.7 Å². The summed E-state index contributed by atoms with van der Waals surface area (Å²) in [4.78, 5) is 44.5. The SMILES string of the molecule is [B]C(O)(c1cc(-c2ccccc2-c2ccc(-c3cccc4c3oc3nc(C)ccc34)nc2)cc(C(O)(O)C(O)(O)c2cnc3c(c2)c(=O)oc2ccccc23)c1)C(O)(O)c1cnc2c(c1)c(=O)oc1ccccc12. The van der Waals surface area contributed by atoms with Crippen LogP contribution < -0.4 is 11.3 Å². The Morgan fingerprint density at radius 2 is 0.986 bits per heavy atom. The first kappa shape index (κ1) is 46.3. The average molecular weight is 981 g/mol. The van der Waals surface area contributed by atoms with Crippen molar-refractivity contribution in [2.24, 2.45) is 0 Å². The van der Waals surface area contributed by atoms with Gasteiger partial charge in [0.1, 0.15) is 30.1 Å². The van der Waals surface area contributed by atoms with Crippen LogP contribution in [0.15, 0.2) is 187 Å². The zero-order chi connectivity index (χ0) is 51.5. The van der Waals surface area contributed by atoms with Crippen LogP contribution in [-0.2, 0) is 22.9 Å². The molecule has 7 aromatic heterocycles. The van der Waals surface area contributed by atoms with E-state index in [4.69, 9.17) is 26.1 Å². The fraction of sp³-hybridized carbons (Fsp3) is 0.0877. The van der Waals surface area contributed by atoms with E-state index in [2.05, 4.69) is 15.0 Å². The molecule has 0 amide bonds. The first-order valence-electron chi connectivity index (χ1n) is 22.9. The molecule has 5 aromatic carbocycles.